The van der Waals surface area contributed by atoms with Crippen LogP contribution >= 0.6 is 0 Å². The van der Waals surface area contributed by atoms with Gasteiger partial charge in [-0.2, -0.15) is 0 Å². The maximum atomic E-state index is 9.77. The maximum absolute atomic E-state index is 9.77. The lowest BCUT2D eigenvalue weighted by molar-refractivity contribution is -0.118. The molecule has 1 atom stereocenters. The van der Waals surface area contributed by atoms with Crippen molar-refractivity contribution in [3.8, 4) is 0 Å². The van der Waals surface area contributed by atoms with Crippen LogP contribution in [0.15, 0.2) is 0 Å². The molecule has 0 aromatic carbocycles. The minimum absolute atomic E-state index is 0.407. The van der Waals surface area contributed by atoms with Crippen LogP contribution in [0.25, 0.3) is 0 Å². The molecule has 0 radical (unpaired) electrons. The number of rotatable bonds is 25. The molecule has 0 rings (SSSR count). The van der Waals surface area contributed by atoms with Crippen LogP contribution in [0.1, 0.15) is 65.2 Å². The van der Waals surface area contributed by atoms with E-state index in [1.807, 2.05) is 6.92 Å². The van der Waals surface area contributed by atoms with Gasteiger partial charge in [-0.3, -0.25) is 0 Å². The summed E-state index contributed by atoms with van der Waals surface area (Å²) in [6, 6.07) is 0. The number of aliphatic hydroxyl groups is 1. The Kier molecular flexibility index (Phi) is 25.5. The molecule has 7 nitrogen and oxygen atoms in total. The van der Waals surface area contributed by atoms with Crippen molar-refractivity contribution in [3.05, 3.63) is 0 Å². The van der Waals surface area contributed by atoms with Gasteiger partial charge in [-0.05, 0) is 19.8 Å². The van der Waals surface area contributed by atoms with Gasteiger partial charge in [-0.25, -0.2) is 0 Å². The number of ether oxygens (including phenoxy) is 6. The number of aliphatic hydroxyl groups excluding tert-OH is 1. The van der Waals surface area contributed by atoms with Crippen LogP contribution in [0.4, 0.5) is 0 Å². The molecule has 0 aromatic rings. The predicted octanol–water partition coefficient (Wildman–Crippen LogP) is 3.57. The number of hydrogen-bond acceptors (Lipinski definition) is 7. The van der Waals surface area contributed by atoms with E-state index in [4.69, 9.17) is 28.4 Å². The molecule has 176 valence electrons. The largest absolute Gasteiger partial charge is 0.379 e. The second-order valence-electron chi connectivity index (χ2n) is 6.88. The molecule has 0 fully saturated rings. The zero-order chi connectivity index (χ0) is 21.3. The van der Waals surface area contributed by atoms with Crippen LogP contribution in [-0.4, -0.2) is 84.1 Å². The molecule has 0 aliphatic heterocycles. The van der Waals surface area contributed by atoms with E-state index in [9.17, 15) is 5.11 Å². The van der Waals surface area contributed by atoms with E-state index in [2.05, 4.69) is 6.92 Å². The second kappa shape index (κ2) is 25.8. The second-order valence-corrected chi connectivity index (χ2v) is 6.88. The fourth-order valence-electron chi connectivity index (χ4n) is 2.63. The van der Waals surface area contributed by atoms with Crippen molar-refractivity contribution in [1.82, 2.24) is 0 Å². The van der Waals surface area contributed by atoms with Gasteiger partial charge in [0.1, 0.15) is 0 Å². The van der Waals surface area contributed by atoms with Crippen LogP contribution < -0.4 is 0 Å². The topological polar surface area (TPSA) is 75.6 Å². The van der Waals surface area contributed by atoms with E-state index < -0.39 is 6.29 Å². The normalized spacial score (nSPS) is 12.5. The van der Waals surface area contributed by atoms with E-state index in [1.165, 1.54) is 38.5 Å². The third kappa shape index (κ3) is 25.7. The summed E-state index contributed by atoms with van der Waals surface area (Å²) in [6.45, 7) is 10.3. The average Bonchev–Trinajstić information content (AvgIpc) is 2.72. The Morgan fingerprint density at radius 3 is 1.41 bits per heavy atom. The predicted molar refractivity (Wildman–Crippen MR) is 114 cm³/mol. The third-order valence-corrected chi connectivity index (χ3v) is 4.28. The summed E-state index contributed by atoms with van der Waals surface area (Å²) in [4.78, 5) is 0. The Balaban J connectivity index is 3.10. The highest BCUT2D eigenvalue weighted by Gasteiger charge is 2.03. The van der Waals surface area contributed by atoms with Crippen molar-refractivity contribution >= 4 is 0 Å². The molecule has 0 heterocycles. The van der Waals surface area contributed by atoms with Gasteiger partial charge >= 0.3 is 0 Å². The minimum atomic E-state index is -0.675. The third-order valence-electron chi connectivity index (χ3n) is 4.28. The van der Waals surface area contributed by atoms with Gasteiger partial charge in [0.25, 0.3) is 0 Å². The summed E-state index contributed by atoms with van der Waals surface area (Å²) in [5.74, 6) is 0. The van der Waals surface area contributed by atoms with Crippen molar-refractivity contribution in [2.45, 2.75) is 71.5 Å². The monoisotopic (exact) mass is 422 g/mol. The molecule has 0 saturated heterocycles. The lowest BCUT2D eigenvalue weighted by atomic mass is 10.1. The Morgan fingerprint density at radius 2 is 0.931 bits per heavy atom. The summed E-state index contributed by atoms with van der Waals surface area (Å²) in [6.07, 6.45) is 8.70. The van der Waals surface area contributed by atoms with Gasteiger partial charge in [0.2, 0.25) is 0 Å². The van der Waals surface area contributed by atoms with Crippen molar-refractivity contribution in [3.63, 3.8) is 0 Å². The molecule has 7 heteroatoms. The summed E-state index contributed by atoms with van der Waals surface area (Å²) < 4.78 is 32.1. The molecule has 1 N–H and O–H groups in total. The van der Waals surface area contributed by atoms with Crippen molar-refractivity contribution < 1.29 is 33.5 Å². The van der Waals surface area contributed by atoms with E-state index in [0.717, 1.165) is 13.0 Å². The first kappa shape index (κ1) is 28.7. The van der Waals surface area contributed by atoms with Crippen LogP contribution in [0.3, 0.4) is 0 Å². The molecule has 0 saturated carbocycles. The van der Waals surface area contributed by atoms with Crippen LogP contribution in [0.5, 0.6) is 0 Å². The van der Waals surface area contributed by atoms with Gasteiger partial charge < -0.3 is 33.5 Å². The first-order chi connectivity index (χ1) is 14.3. The Labute approximate surface area is 178 Å². The standard InChI is InChI=1S/C22H46O7/c1-3-5-6-7-8-9-10-11-22(23)29-21-20-28-19-18-27-17-16-26-15-14-25-13-12-24-4-2/h22-23H,3-21H2,1-2H3. The van der Waals surface area contributed by atoms with Crippen LogP contribution in [-0.2, 0) is 28.4 Å². The Morgan fingerprint density at radius 1 is 0.517 bits per heavy atom. The SMILES string of the molecule is CCCCCCCCCC(O)OCCOCCOCCOCCOCCOCC. The van der Waals surface area contributed by atoms with Crippen LogP contribution in [0.2, 0.25) is 0 Å². The summed E-state index contributed by atoms with van der Waals surface area (Å²) in [5, 5.41) is 9.77. The van der Waals surface area contributed by atoms with Crippen molar-refractivity contribution in [1.29, 1.82) is 0 Å². The Hall–Kier alpha value is -0.280. The van der Waals surface area contributed by atoms with Gasteiger partial charge in [-0.15, -0.1) is 0 Å². The molecular formula is C22H46O7. The first-order valence-corrected chi connectivity index (χ1v) is 11.5. The van der Waals surface area contributed by atoms with E-state index in [0.29, 0.717) is 72.5 Å². The molecule has 0 spiro atoms. The average molecular weight is 423 g/mol. The highest BCUT2D eigenvalue weighted by molar-refractivity contribution is 4.48. The van der Waals surface area contributed by atoms with E-state index in [-0.39, 0.29) is 0 Å². The van der Waals surface area contributed by atoms with Crippen LogP contribution in [0, 0.1) is 0 Å². The fraction of sp³-hybridized carbons (Fsp3) is 1.00. The van der Waals surface area contributed by atoms with Gasteiger partial charge in [0.05, 0.1) is 66.1 Å². The molecule has 0 amide bonds. The fourth-order valence-corrected chi connectivity index (χ4v) is 2.63. The quantitative estimate of drug-likeness (QED) is 0.178. The van der Waals surface area contributed by atoms with Crippen molar-refractivity contribution in [2.75, 3.05) is 72.7 Å². The zero-order valence-corrected chi connectivity index (χ0v) is 18.9. The van der Waals surface area contributed by atoms with E-state index >= 15 is 0 Å². The minimum Gasteiger partial charge on any atom is -0.379 e. The van der Waals surface area contributed by atoms with Gasteiger partial charge in [0.15, 0.2) is 6.29 Å². The number of hydrogen-bond donors (Lipinski definition) is 1. The summed E-state index contributed by atoms with van der Waals surface area (Å²) in [7, 11) is 0. The summed E-state index contributed by atoms with van der Waals surface area (Å²) in [5.41, 5.74) is 0. The van der Waals surface area contributed by atoms with Crippen molar-refractivity contribution in [2.24, 2.45) is 0 Å². The van der Waals surface area contributed by atoms with E-state index in [1.54, 1.807) is 0 Å². The lowest BCUT2D eigenvalue weighted by Crippen LogP contribution is -2.17. The molecule has 0 aliphatic carbocycles. The molecule has 0 aliphatic rings. The first-order valence-electron chi connectivity index (χ1n) is 11.5. The van der Waals surface area contributed by atoms with Gasteiger partial charge in [-0.1, -0.05) is 45.4 Å². The Bertz CT molecular complexity index is 292. The maximum Gasteiger partial charge on any atom is 0.154 e. The smallest absolute Gasteiger partial charge is 0.154 e. The highest BCUT2D eigenvalue weighted by atomic mass is 16.6. The lowest BCUT2D eigenvalue weighted by Gasteiger charge is -2.12. The summed E-state index contributed by atoms with van der Waals surface area (Å²) >= 11 is 0. The zero-order valence-electron chi connectivity index (χ0n) is 18.9. The highest BCUT2D eigenvalue weighted by Crippen LogP contribution is 2.10. The molecule has 1 unspecified atom stereocenters. The molecular weight excluding hydrogens is 376 g/mol. The molecule has 29 heavy (non-hydrogen) atoms. The molecule has 0 aromatic heterocycles. The van der Waals surface area contributed by atoms with Gasteiger partial charge in [0, 0.05) is 6.61 Å². The number of unbranched alkanes of at least 4 members (excludes halogenated alkanes) is 6. The molecule has 0 bridgehead atoms.